The molecule has 0 unspecified atom stereocenters. The normalized spacial score (nSPS) is 10.5. The van der Waals surface area contributed by atoms with Crippen LogP contribution in [0.25, 0.3) is 0 Å². The van der Waals surface area contributed by atoms with Gasteiger partial charge in [0.15, 0.2) is 0 Å². The molecule has 17 heavy (non-hydrogen) atoms. The van der Waals surface area contributed by atoms with Crippen molar-refractivity contribution in [3.63, 3.8) is 0 Å². The molecule has 2 heterocycles. The molecule has 0 bridgehead atoms. The smallest absolute Gasteiger partial charge is 0.359 e. The maximum atomic E-state index is 10.7. The molecular weight excluding hydrogens is 224 g/mol. The fourth-order valence-electron chi connectivity index (χ4n) is 1.49. The second-order valence-electron chi connectivity index (χ2n) is 3.62. The van der Waals surface area contributed by atoms with Crippen LogP contribution in [0.2, 0.25) is 0 Å². The third-order valence-electron chi connectivity index (χ3n) is 2.30. The molecule has 2 rings (SSSR count). The van der Waals surface area contributed by atoms with Crippen LogP contribution in [0, 0.1) is 10.1 Å². The molecule has 90 valence electrons. The van der Waals surface area contributed by atoms with Crippen molar-refractivity contribution in [2.24, 2.45) is 14.1 Å². The number of rotatable bonds is 4. The van der Waals surface area contributed by atoms with E-state index in [1.807, 2.05) is 19.3 Å². The Hall–Kier alpha value is -2.38. The highest BCUT2D eigenvalue weighted by Gasteiger charge is 2.19. The van der Waals surface area contributed by atoms with Crippen LogP contribution in [0.4, 0.5) is 11.6 Å². The van der Waals surface area contributed by atoms with Gasteiger partial charge in [-0.2, -0.15) is 5.10 Å². The van der Waals surface area contributed by atoms with Gasteiger partial charge in [-0.25, -0.2) is 0 Å². The van der Waals surface area contributed by atoms with Gasteiger partial charge in [-0.15, -0.1) is 0 Å². The maximum Gasteiger partial charge on any atom is 0.406 e. The van der Waals surface area contributed by atoms with Crippen LogP contribution in [0.1, 0.15) is 5.69 Å². The molecule has 1 N–H and O–H groups in total. The van der Waals surface area contributed by atoms with Gasteiger partial charge >= 0.3 is 5.82 Å². The fourth-order valence-corrected chi connectivity index (χ4v) is 1.49. The summed E-state index contributed by atoms with van der Waals surface area (Å²) in [5.74, 6) is 0.198. The number of nitrogens with zero attached hydrogens (tertiary/aromatic N) is 5. The molecule has 0 aromatic carbocycles. The molecule has 0 spiro atoms. The second-order valence-corrected chi connectivity index (χ2v) is 3.62. The lowest BCUT2D eigenvalue weighted by Gasteiger charge is -2.03. The highest BCUT2D eigenvalue weighted by atomic mass is 16.6. The van der Waals surface area contributed by atoms with E-state index in [0.29, 0.717) is 12.4 Å². The molecule has 0 radical (unpaired) electrons. The number of anilines is 1. The Labute approximate surface area is 97.0 Å². The van der Waals surface area contributed by atoms with Crippen molar-refractivity contribution < 1.29 is 4.92 Å². The molecule has 0 atom stereocenters. The van der Waals surface area contributed by atoms with E-state index in [0.717, 1.165) is 5.69 Å². The zero-order valence-corrected chi connectivity index (χ0v) is 9.49. The standard InChI is InChI=1S/C9H12N6O2/c1-13-6-11-9(15(16)17)8(13)10-5-7-3-4-14(2)12-7/h3-4,6,10H,5H2,1-2H3. The third kappa shape index (κ3) is 2.25. The van der Waals surface area contributed by atoms with Crippen molar-refractivity contribution in [3.8, 4) is 0 Å². The molecule has 2 aromatic rings. The fraction of sp³-hybridized carbons (Fsp3) is 0.333. The second kappa shape index (κ2) is 4.24. The monoisotopic (exact) mass is 236 g/mol. The summed E-state index contributed by atoms with van der Waals surface area (Å²) in [5, 5.41) is 17.8. The van der Waals surface area contributed by atoms with Gasteiger partial charge in [0.2, 0.25) is 12.1 Å². The summed E-state index contributed by atoms with van der Waals surface area (Å²) in [5.41, 5.74) is 0.808. The van der Waals surface area contributed by atoms with Gasteiger partial charge in [0.05, 0.1) is 12.2 Å². The predicted molar refractivity (Wildman–Crippen MR) is 60.4 cm³/mol. The number of aromatic nitrogens is 4. The average molecular weight is 236 g/mol. The Bertz CT molecular complexity index is 543. The third-order valence-corrected chi connectivity index (χ3v) is 2.30. The Kier molecular flexibility index (Phi) is 2.77. The van der Waals surface area contributed by atoms with Crippen molar-refractivity contribution in [1.82, 2.24) is 19.3 Å². The van der Waals surface area contributed by atoms with E-state index in [2.05, 4.69) is 15.4 Å². The van der Waals surface area contributed by atoms with Crippen LogP contribution < -0.4 is 5.32 Å². The van der Waals surface area contributed by atoms with Gasteiger partial charge < -0.3 is 15.4 Å². The van der Waals surface area contributed by atoms with Crippen molar-refractivity contribution in [2.45, 2.75) is 6.54 Å². The number of imidazole rings is 1. The highest BCUT2D eigenvalue weighted by molar-refractivity contribution is 5.52. The molecule has 0 fully saturated rings. The molecule has 0 aliphatic rings. The van der Waals surface area contributed by atoms with Crippen LogP contribution in [0.3, 0.4) is 0 Å². The van der Waals surface area contributed by atoms with E-state index < -0.39 is 4.92 Å². The van der Waals surface area contributed by atoms with Crippen LogP contribution in [0.5, 0.6) is 0 Å². The summed E-state index contributed by atoms with van der Waals surface area (Å²) < 4.78 is 3.25. The molecule has 0 saturated carbocycles. The first-order chi connectivity index (χ1) is 8.08. The minimum absolute atomic E-state index is 0.177. The van der Waals surface area contributed by atoms with Crippen molar-refractivity contribution in [1.29, 1.82) is 0 Å². The zero-order valence-electron chi connectivity index (χ0n) is 9.49. The van der Waals surface area contributed by atoms with Gasteiger partial charge in [0, 0.05) is 20.3 Å². The van der Waals surface area contributed by atoms with Crippen LogP contribution in [-0.4, -0.2) is 24.3 Å². The lowest BCUT2D eigenvalue weighted by Crippen LogP contribution is -2.06. The number of nitro groups is 1. The molecule has 0 amide bonds. The Morgan fingerprint density at radius 2 is 2.29 bits per heavy atom. The minimum Gasteiger partial charge on any atom is -0.359 e. The van der Waals surface area contributed by atoms with Crippen molar-refractivity contribution in [3.05, 3.63) is 34.4 Å². The Morgan fingerprint density at radius 3 is 2.88 bits per heavy atom. The summed E-state index contributed by atoms with van der Waals surface area (Å²) in [6.07, 6.45) is 3.22. The van der Waals surface area contributed by atoms with E-state index in [4.69, 9.17) is 0 Å². The van der Waals surface area contributed by atoms with Crippen LogP contribution in [0.15, 0.2) is 18.6 Å². The molecule has 8 nitrogen and oxygen atoms in total. The van der Waals surface area contributed by atoms with E-state index in [9.17, 15) is 10.1 Å². The summed E-state index contributed by atoms with van der Waals surface area (Å²) in [6.45, 7) is 0.418. The molecule has 0 aliphatic carbocycles. The zero-order chi connectivity index (χ0) is 12.4. The summed E-state index contributed by atoms with van der Waals surface area (Å²) in [4.78, 5) is 13.9. The first-order valence-electron chi connectivity index (χ1n) is 4.96. The molecule has 0 saturated heterocycles. The van der Waals surface area contributed by atoms with Gasteiger partial charge in [-0.05, 0) is 16.0 Å². The lowest BCUT2D eigenvalue weighted by molar-refractivity contribution is -0.388. The quantitative estimate of drug-likeness (QED) is 0.622. The minimum atomic E-state index is -0.513. The number of hydrogen-bond donors (Lipinski definition) is 1. The lowest BCUT2D eigenvalue weighted by atomic mass is 10.4. The maximum absolute atomic E-state index is 10.7. The van der Waals surface area contributed by atoms with Crippen LogP contribution >= 0.6 is 0 Å². The SMILES string of the molecule is Cn1ccc(CNc2c([N+](=O)[O-])ncn2C)n1. The number of nitrogens with one attached hydrogen (secondary N) is 1. The van der Waals surface area contributed by atoms with Gasteiger partial charge in [0.1, 0.15) is 0 Å². The molecule has 8 heteroatoms. The molecule has 2 aromatic heterocycles. The van der Waals surface area contributed by atoms with Gasteiger partial charge in [0.25, 0.3) is 0 Å². The average Bonchev–Trinajstić information content (AvgIpc) is 2.82. The highest BCUT2D eigenvalue weighted by Crippen LogP contribution is 2.21. The summed E-state index contributed by atoms with van der Waals surface area (Å²) in [6, 6.07) is 1.84. The predicted octanol–water partition coefficient (Wildman–Crippen LogP) is 0.674. The largest absolute Gasteiger partial charge is 0.406 e. The number of aryl methyl sites for hydroxylation is 2. The van der Waals surface area contributed by atoms with E-state index in [1.54, 1.807) is 16.3 Å². The number of hydrogen-bond acceptors (Lipinski definition) is 5. The van der Waals surface area contributed by atoms with Crippen molar-refractivity contribution in [2.75, 3.05) is 5.32 Å². The van der Waals surface area contributed by atoms with E-state index >= 15 is 0 Å². The first kappa shape index (κ1) is 11.1. The van der Waals surface area contributed by atoms with Crippen molar-refractivity contribution >= 4 is 11.6 Å². The van der Waals surface area contributed by atoms with Gasteiger partial charge in [-0.1, -0.05) is 0 Å². The Morgan fingerprint density at radius 1 is 1.53 bits per heavy atom. The summed E-state index contributed by atoms with van der Waals surface area (Å²) in [7, 11) is 3.51. The van der Waals surface area contributed by atoms with Gasteiger partial charge in [-0.3, -0.25) is 9.25 Å². The van der Waals surface area contributed by atoms with Crippen LogP contribution in [-0.2, 0) is 20.6 Å². The van der Waals surface area contributed by atoms with E-state index in [-0.39, 0.29) is 5.82 Å². The summed E-state index contributed by atoms with van der Waals surface area (Å²) >= 11 is 0. The first-order valence-corrected chi connectivity index (χ1v) is 4.96. The molecule has 0 aliphatic heterocycles. The Balaban J connectivity index is 2.13. The van der Waals surface area contributed by atoms with E-state index in [1.165, 1.54) is 6.33 Å². The topological polar surface area (TPSA) is 90.8 Å². The molecular formula is C9H12N6O2.